The van der Waals surface area contributed by atoms with Crippen molar-refractivity contribution in [1.82, 2.24) is 20.2 Å². The van der Waals surface area contributed by atoms with Gasteiger partial charge in [-0.1, -0.05) is 0 Å². The lowest BCUT2D eigenvalue weighted by Crippen LogP contribution is -2.44. The summed E-state index contributed by atoms with van der Waals surface area (Å²) in [7, 11) is 2.13. The molecule has 1 aromatic rings. The minimum absolute atomic E-state index is 0.479. The highest BCUT2D eigenvalue weighted by atomic mass is 15.1. The van der Waals surface area contributed by atoms with Crippen LogP contribution in [-0.2, 0) is 7.05 Å². The number of nitrogens with zero attached hydrogens (tertiary/aromatic N) is 2. The molecule has 4 heteroatoms. The normalized spacial score (nSPS) is 27.1. The van der Waals surface area contributed by atoms with Gasteiger partial charge in [-0.2, -0.15) is 0 Å². The standard InChI is InChI=1S/C18H30N4/c1-22-13-12-20-17(22)16(14-2-3-14)21-15-4-6-18(7-5-15)8-10-19-11-9-18/h12-16,19,21H,2-11H2,1H3. The summed E-state index contributed by atoms with van der Waals surface area (Å²) in [5.41, 5.74) is 0.668. The van der Waals surface area contributed by atoms with Crippen LogP contribution < -0.4 is 10.6 Å². The summed E-state index contributed by atoms with van der Waals surface area (Å²) in [5.74, 6) is 2.06. The Balaban J connectivity index is 1.38. The molecule has 3 fully saturated rings. The van der Waals surface area contributed by atoms with E-state index in [1.165, 1.54) is 70.3 Å². The zero-order chi connectivity index (χ0) is 15.0. The molecule has 1 aromatic heterocycles. The maximum atomic E-state index is 4.62. The van der Waals surface area contributed by atoms with E-state index in [-0.39, 0.29) is 0 Å². The Labute approximate surface area is 134 Å². The maximum absolute atomic E-state index is 4.62. The van der Waals surface area contributed by atoms with E-state index in [0.29, 0.717) is 17.5 Å². The Morgan fingerprint density at radius 1 is 1.18 bits per heavy atom. The number of hydrogen-bond acceptors (Lipinski definition) is 3. The second-order valence-corrected chi connectivity index (χ2v) is 7.90. The van der Waals surface area contributed by atoms with Crippen LogP contribution in [0.5, 0.6) is 0 Å². The molecular weight excluding hydrogens is 272 g/mol. The zero-order valence-electron chi connectivity index (χ0n) is 13.9. The molecule has 0 bridgehead atoms. The predicted octanol–water partition coefficient (Wildman–Crippen LogP) is 2.77. The molecule has 1 aliphatic heterocycles. The van der Waals surface area contributed by atoms with Crippen molar-refractivity contribution >= 4 is 0 Å². The van der Waals surface area contributed by atoms with E-state index in [1.807, 2.05) is 6.20 Å². The largest absolute Gasteiger partial charge is 0.337 e. The zero-order valence-corrected chi connectivity index (χ0v) is 13.9. The van der Waals surface area contributed by atoms with E-state index < -0.39 is 0 Å². The number of aromatic nitrogens is 2. The predicted molar refractivity (Wildman–Crippen MR) is 88.6 cm³/mol. The van der Waals surface area contributed by atoms with Gasteiger partial charge in [-0.15, -0.1) is 0 Å². The smallest absolute Gasteiger partial charge is 0.125 e. The van der Waals surface area contributed by atoms with Crippen molar-refractivity contribution in [3.8, 4) is 0 Å². The third-order valence-corrected chi connectivity index (χ3v) is 6.36. The molecule has 22 heavy (non-hydrogen) atoms. The molecule has 1 spiro atoms. The first-order valence-corrected chi connectivity index (χ1v) is 9.20. The number of hydrogen-bond donors (Lipinski definition) is 2. The molecule has 2 saturated carbocycles. The Kier molecular flexibility index (Phi) is 3.99. The molecule has 4 rings (SSSR count). The fraction of sp³-hybridized carbons (Fsp3) is 0.833. The molecule has 3 aliphatic rings. The third kappa shape index (κ3) is 2.95. The van der Waals surface area contributed by atoms with Crippen molar-refractivity contribution in [1.29, 1.82) is 0 Å². The quantitative estimate of drug-likeness (QED) is 0.898. The van der Waals surface area contributed by atoms with Gasteiger partial charge >= 0.3 is 0 Å². The van der Waals surface area contributed by atoms with Gasteiger partial charge in [0.25, 0.3) is 0 Å². The Bertz CT molecular complexity index is 489. The minimum Gasteiger partial charge on any atom is -0.337 e. The lowest BCUT2D eigenvalue weighted by atomic mass is 9.67. The molecule has 2 N–H and O–H groups in total. The number of nitrogens with one attached hydrogen (secondary N) is 2. The number of imidazole rings is 1. The number of rotatable bonds is 4. The van der Waals surface area contributed by atoms with Crippen LogP contribution in [-0.4, -0.2) is 28.7 Å². The van der Waals surface area contributed by atoms with Crippen molar-refractivity contribution in [3.63, 3.8) is 0 Å². The third-order valence-electron chi connectivity index (χ3n) is 6.36. The summed E-state index contributed by atoms with van der Waals surface area (Å²) < 4.78 is 2.20. The molecule has 1 unspecified atom stereocenters. The van der Waals surface area contributed by atoms with Crippen LogP contribution in [0, 0.1) is 11.3 Å². The first-order chi connectivity index (χ1) is 10.8. The molecular formula is C18H30N4. The first kappa shape index (κ1) is 14.7. The average Bonchev–Trinajstić information content (AvgIpc) is 3.30. The summed E-state index contributed by atoms with van der Waals surface area (Å²) in [6.07, 6.45) is 15.1. The lowest BCUT2D eigenvalue weighted by Gasteiger charge is -2.44. The van der Waals surface area contributed by atoms with Gasteiger partial charge in [0.05, 0.1) is 6.04 Å². The molecule has 0 aromatic carbocycles. The fourth-order valence-electron chi connectivity index (χ4n) is 4.64. The van der Waals surface area contributed by atoms with E-state index in [1.54, 1.807) is 0 Å². The molecule has 4 nitrogen and oxygen atoms in total. The number of piperidine rings is 1. The molecule has 1 saturated heterocycles. The van der Waals surface area contributed by atoms with Gasteiger partial charge in [0.1, 0.15) is 5.82 Å². The van der Waals surface area contributed by atoms with Crippen molar-refractivity contribution in [2.45, 2.75) is 63.5 Å². The van der Waals surface area contributed by atoms with E-state index in [0.717, 1.165) is 5.92 Å². The monoisotopic (exact) mass is 302 g/mol. The molecule has 0 radical (unpaired) electrons. The summed E-state index contributed by atoms with van der Waals surface area (Å²) in [5, 5.41) is 7.51. The molecule has 2 heterocycles. The summed E-state index contributed by atoms with van der Waals surface area (Å²) in [6, 6.07) is 1.18. The van der Waals surface area contributed by atoms with Crippen molar-refractivity contribution in [3.05, 3.63) is 18.2 Å². The van der Waals surface area contributed by atoms with Crippen LogP contribution >= 0.6 is 0 Å². The second kappa shape index (κ2) is 5.97. The van der Waals surface area contributed by atoms with E-state index in [4.69, 9.17) is 0 Å². The highest BCUT2D eigenvalue weighted by Gasteiger charge is 2.39. The van der Waals surface area contributed by atoms with Crippen molar-refractivity contribution < 1.29 is 0 Å². The highest BCUT2D eigenvalue weighted by Crippen LogP contribution is 2.45. The Morgan fingerprint density at radius 3 is 2.50 bits per heavy atom. The first-order valence-electron chi connectivity index (χ1n) is 9.20. The summed E-state index contributed by atoms with van der Waals surface area (Å²) >= 11 is 0. The second-order valence-electron chi connectivity index (χ2n) is 7.90. The van der Waals surface area contributed by atoms with Crippen LogP contribution in [0.4, 0.5) is 0 Å². The maximum Gasteiger partial charge on any atom is 0.125 e. The van der Waals surface area contributed by atoms with Gasteiger partial charge in [-0.25, -0.2) is 4.98 Å². The fourth-order valence-corrected chi connectivity index (χ4v) is 4.64. The van der Waals surface area contributed by atoms with Crippen molar-refractivity contribution in [2.75, 3.05) is 13.1 Å². The van der Waals surface area contributed by atoms with E-state index in [2.05, 4.69) is 33.4 Å². The summed E-state index contributed by atoms with van der Waals surface area (Å²) in [6.45, 7) is 2.46. The molecule has 0 amide bonds. The number of aryl methyl sites for hydroxylation is 1. The van der Waals surface area contributed by atoms with Crippen LogP contribution in [0.2, 0.25) is 0 Å². The van der Waals surface area contributed by atoms with Crippen molar-refractivity contribution in [2.24, 2.45) is 18.4 Å². The van der Waals surface area contributed by atoms with Gasteiger partial charge in [-0.05, 0) is 75.8 Å². The van der Waals surface area contributed by atoms with Gasteiger partial charge in [-0.3, -0.25) is 0 Å². The minimum atomic E-state index is 0.479. The molecule has 122 valence electrons. The topological polar surface area (TPSA) is 41.9 Å². The highest BCUT2D eigenvalue weighted by molar-refractivity contribution is 5.06. The molecule has 2 aliphatic carbocycles. The average molecular weight is 302 g/mol. The van der Waals surface area contributed by atoms with Crippen LogP contribution in [0.25, 0.3) is 0 Å². The van der Waals surface area contributed by atoms with Crippen LogP contribution in [0.15, 0.2) is 12.4 Å². The van der Waals surface area contributed by atoms with Gasteiger partial charge < -0.3 is 15.2 Å². The van der Waals surface area contributed by atoms with Gasteiger partial charge in [0, 0.05) is 25.5 Å². The Morgan fingerprint density at radius 2 is 1.91 bits per heavy atom. The molecule has 1 atom stereocenters. The van der Waals surface area contributed by atoms with Gasteiger partial charge in [0.2, 0.25) is 0 Å². The van der Waals surface area contributed by atoms with Crippen LogP contribution in [0.3, 0.4) is 0 Å². The van der Waals surface area contributed by atoms with E-state index in [9.17, 15) is 0 Å². The Hall–Kier alpha value is -0.870. The van der Waals surface area contributed by atoms with Gasteiger partial charge in [0.15, 0.2) is 0 Å². The van der Waals surface area contributed by atoms with E-state index >= 15 is 0 Å². The SMILES string of the molecule is Cn1ccnc1C(NC1CCC2(CCNCC2)CC1)C1CC1. The lowest BCUT2D eigenvalue weighted by molar-refractivity contribution is 0.110. The summed E-state index contributed by atoms with van der Waals surface area (Å²) in [4.78, 5) is 4.62. The van der Waals surface area contributed by atoms with Crippen LogP contribution in [0.1, 0.15) is 63.2 Å².